The summed E-state index contributed by atoms with van der Waals surface area (Å²) in [6, 6.07) is 0.105. The first-order valence-corrected chi connectivity index (χ1v) is 10.3. The lowest BCUT2D eigenvalue weighted by atomic mass is 9.84. The van der Waals surface area contributed by atoms with E-state index in [1.165, 1.54) is 25.7 Å². The lowest BCUT2D eigenvalue weighted by molar-refractivity contribution is -0.118. The van der Waals surface area contributed by atoms with Gasteiger partial charge in [-0.1, -0.05) is 6.42 Å². The smallest absolute Gasteiger partial charge is 0.256 e. The summed E-state index contributed by atoms with van der Waals surface area (Å²) in [5, 5.41) is 3.09. The molecule has 2 bridgehead atoms. The van der Waals surface area contributed by atoms with Crippen molar-refractivity contribution in [1.29, 1.82) is 0 Å². The highest BCUT2D eigenvalue weighted by molar-refractivity contribution is 7.90. The standard InChI is InChI=1S/C17H23N3O3S/c1-11(15-10-12-4-5-13(15)9-12)18-17(21)14-3-2-6-20-7-8-24(22,23)19-16(14)20/h2-3,6,11-13,15H,4-5,7-10H2,1H3,(H,18,21)/t11-,12-,13-,15+/m0/s1. The van der Waals surface area contributed by atoms with Crippen LogP contribution in [-0.4, -0.2) is 43.4 Å². The number of fused-ring (bicyclic) bond motifs is 3. The van der Waals surface area contributed by atoms with Crippen molar-refractivity contribution in [3.8, 4) is 0 Å². The van der Waals surface area contributed by atoms with E-state index in [1.807, 2.05) is 0 Å². The van der Waals surface area contributed by atoms with Crippen LogP contribution < -0.4 is 5.32 Å². The normalized spacial score (nSPS) is 34.4. The Bertz CT molecular complexity index is 753. The molecule has 2 fully saturated rings. The fourth-order valence-corrected chi connectivity index (χ4v) is 5.68. The minimum Gasteiger partial charge on any atom is -0.349 e. The third kappa shape index (κ3) is 2.79. The van der Waals surface area contributed by atoms with Gasteiger partial charge >= 0.3 is 0 Å². The fraction of sp³-hybridized carbons (Fsp3) is 0.647. The molecule has 0 radical (unpaired) electrons. The molecule has 2 aliphatic carbocycles. The van der Waals surface area contributed by atoms with Gasteiger partial charge in [0, 0.05) is 18.8 Å². The molecule has 0 aromatic rings. The molecule has 4 atom stereocenters. The molecule has 0 saturated heterocycles. The molecule has 0 aromatic carbocycles. The molecule has 2 heterocycles. The molecule has 7 heteroatoms. The number of carbonyl (C=O) groups excluding carboxylic acids is 1. The van der Waals surface area contributed by atoms with E-state index in [4.69, 9.17) is 0 Å². The maximum Gasteiger partial charge on any atom is 0.256 e. The molecule has 6 nitrogen and oxygen atoms in total. The van der Waals surface area contributed by atoms with Crippen LogP contribution >= 0.6 is 0 Å². The van der Waals surface area contributed by atoms with Crippen LogP contribution in [0.15, 0.2) is 28.3 Å². The fourth-order valence-electron chi connectivity index (χ4n) is 4.69. The molecule has 0 aromatic heterocycles. The van der Waals surface area contributed by atoms with Gasteiger partial charge in [-0.05, 0) is 56.1 Å². The minimum absolute atomic E-state index is 0.0166. The molecular formula is C17H23N3O3S. The van der Waals surface area contributed by atoms with Crippen LogP contribution in [0.25, 0.3) is 0 Å². The topological polar surface area (TPSA) is 78.8 Å². The molecule has 4 rings (SSSR count). The number of sulfonamides is 1. The van der Waals surface area contributed by atoms with Gasteiger partial charge in [-0.3, -0.25) is 4.79 Å². The minimum atomic E-state index is -3.48. The molecule has 0 unspecified atom stereocenters. The third-order valence-electron chi connectivity index (χ3n) is 5.90. The zero-order valence-electron chi connectivity index (χ0n) is 13.8. The Kier molecular flexibility index (Phi) is 3.78. The number of amides is 1. The number of allylic oxidation sites excluding steroid dienone is 2. The second kappa shape index (κ2) is 5.72. The predicted molar refractivity (Wildman–Crippen MR) is 91.7 cm³/mol. The van der Waals surface area contributed by atoms with Crippen molar-refractivity contribution in [2.45, 2.75) is 38.6 Å². The van der Waals surface area contributed by atoms with Gasteiger partial charge in [0.05, 0.1) is 11.3 Å². The van der Waals surface area contributed by atoms with Crippen LogP contribution in [0, 0.1) is 17.8 Å². The number of nitrogens with zero attached hydrogens (tertiary/aromatic N) is 2. The van der Waals surface area contributed by atoms with Gasteiger partial charge in [-0.15, -0.1) is 4.40 Å². The van der Waals surface area contributed by atoms with Gasteiger partial charge in [-0.2, -0.15) is 0 Å². The lowest BCUT2D eigenvalue weighted by Gasteiger charge is -2.31. The summed E-state index contributed by atoms with van der Waals surface area (Å²) in [6.45, 7) is 2.41. The maximum atomic E-state index is 12.7. The Morgan fingerprint density at radius 1 is 1.38 bits per heavy atom. The van der Waals surface area contributed by atoms with Crippen molar-refractivity contribution in [3.63, 3.8) is 0 Å². The van der Waals surface area contributed by atoms with E-state index in [0.29, 0.717) is 18.0 Å². The number of carbonyl (C=O) groups is 1. The summed E-state index contributed by atoms with van der Waals surface area (Å²) in [6.07, 6.45) is 10.3. The predicted octanol–water partition coefficient (Wildman–Crippen LogP) is 1.42. The second-order valence-corrected chi connectivity index (χ2v) is 9.17. The molecule has 2 aliphatic heterocycles. The molecule has 1 amide bonds. The second-order valence-electron chi connectivity index (χ2n) is 7.42. The van der Waals surface area contributed by atoms with Crippen molar-refractivity contribution in [2.75, 3.05) is 12.3 Å². The Morgan fingerprint density at radius 2 is 2.21 bits per heavy atom. The highest BCUT2D eigenvalue weighted by atomic mass is 32.2. The van der Waals surface area contributed by atoms with E-state index >= 15 is 0 Å². The van der Waals surface area contributed by atoms with Gasteiger partial charge in [-0.25, -0.2) is 8.42 Å². The number of nitrogens with one attached hydrogen (secondary N) is 1. The summed E-state index contributed by atoms with van der Waals surface area (Å²) in [5.74, 6) is 2.11. The first-order chi connectivity index (χ1) is 11.4. The van der Waals surface area contributed by atoms with Crippen LogP contribution in [-0.2, 0) is 14.8 Å². The highest BCUT2D eigenvalue weighted by Crippen LogP contribution is 2.49. The SMILES string of the molecule is C[C@H](NC(=O)C1=CC=CN2CCS(=O)(=O)N=C12)[C@H]1C[C@H]2CC[C@H]1C2. The van der Waals surface area contributed by atoms with Crippen molar-refractivity contribution in [1.82, 2.24) is 10.2 Å². The van der Waals surface area contributed by atoms with E-state index in [-0.39, 0.29) is 23.5 Å². The Morgan fingerprint density at radius 3 is 2.92 bits per heavy atom. The number of rotatable bonds is 3. The maximum absolute atomic E-state index is 12.7. The van der Waals surface area contributed by atoms with E-state index in [1.54, 1.807) is 23.3 Å². The van der Waals surface area contributed by atoms with Crippen molar-refractivity contribution in [3.05, 3.63) is 23.9 Å². The Balaban J connectivity index is 1.50. The average Bonchev–Trinajstić information content (AvgIpc) is 3.16. The van der Waals surface area contributed by atoms with E-state index in [9.17, 15) is 13.2 Å². The summed E-state index contributed by atoms with van der Waals surface area (Å²) >= 11 is 0. The Hall–Kier alpha value is -1.63. The molecule has 24 heavy (non-hydrogen) atoms. The van der Waals surface area contributed by atoms with E-state index < -0.39 is 10.0 Å². The zero-order valence-corrected chi connectivity index (χ0v) is 14.6. The van der Waals surface area contributed by atoms with Crippen molar-refractivity contribution in [2.24, 2.45) is 22.2 Å². The first kappa shape index (κ1) is 15.9. The molecule has 4 aliphatic rings. The Labute approximate surface area is 142 Å². The van der Waals surface area contributed by atoms with Gasteiger partial charge in [0.15, 0.2) is 5.84 Å². The van der Waals surface area contributed by atoms with Gasteiger partial charge in [0.25, 0.3) is 15.9 Å². The van der Waals surface area contributed by atoms with Crippen LogP contribution in [0.1, 0.15) is 32.6 Å². The van der Waals surface area contributed by atoms with E-state index in [2.05, 4.69) is 16.6 Å². The van der Waals surface area contributed by atoms with Crippen LogP contribution in [0.2, 0.25) is 0 Å². The van der Waals surface area contributed by atoms with Crippen molar-refractivity contribution >= 4 is 21.8 Å². The molecular weight excluding hydrogens is 326 g/mol. The average molecular weight is 349 g/mol. The number of amidine groups is 1. The van der Waals surface area contributed by atoms with Gasteiger partial charge < -0.3 is 10.2 Å². The van der Waals surface area contributed by atoms with Crippen molar-refractivity contribution < 1.29 is 13.2 Å². The molecule has 2 saturated carbocycles. The molecule has 0 spiro atoms. The summed E-state index contributed by atoms with van der Waals surface area (Å²) < 4.78 is 27.4. The van der Waals surface area contributed by atoms with Crippen LogP contribution in [0.4, 0.5) is 0 Å². The summed E-state index contributed by atoms with van der Waals surface area (Å²) in [4.78, 5) is 14.5. The highest BCUT2D eigenvalue weighted by Gasteiger charge is 2.42. The number of hydrogen-bond donors (Lipinski definition) is 1. The largest absolute Gasteiger partial charge is 0.349 e. The molecule has 130 valence electrons. The van der Waals surface area contributed by atoms with Crippen LogP contribution in [0.3, 0.4) is 0 Å². The summed E-state index contributed by atoms with van der Waals surface area (Å²) in [7, 11) is -3.48. The monoisotopic (exact) mass is 349 g/mol. The van der Waals surface area contributed by atoms with E-state index in [0.717, 1.165) is 11.8 Å². The zero-order chi connectivity index (χ0) is 16.9. The van der Waals surface area contributed by atoms with Gasteiger partial charge in [0.1, 0.15) is 0 Å². The summed E-state index contributed by atoms with van der Waals surface area (Å²) in [5.41, 5.74) is 0.343. The quantitative estimate of drug-likeness (QED) is 0.836. The lowest BCUT2D eigenvalue weighted by Crippen LogP contribution is -2.46. The number of hydrogen-bond acceptors (Lipinski definition) is 4. The van der Waals surface area contributed by atoms with Crippen LogP contribution in [0.5, 0.6) is 0 Å². The third-order valence-corrected chi connectivity index (χ3v) is 7.05. The van der Waals surface area contributed by atoms with Gasteiger partial charge in [0.2, 0.25) is 0 Å². The first-order valence-electron chi connectivity index (χ1n) is 8.72. The molecule has 1 N–H and O–H groups in total.